The maximum absolute atomic E-state index is 12.0. The van der Waals surface area contributed by atoms with Crippen molar-refractivity contribution in [2.45, 2.75) is 32.7 Å². The summed E-state index contributed by atoms with van der Waals surface area (Å²) in [5, 5.41) is 0. The van der Waals surface area contributed by atoms with Crippen LogP contribution in [0, 0.1) is 5.92 Å². The summed E-state index contributed by atoms with van der Waals surface area (Å²) in [5.74, 6) is 0.139. The Kier molecular flexibility index (Phi) is 5.36. The highest BCUT2D eigenvalue weighted by molar-refractivity contribution is 7.87. The molecule has 1 saturated heterocycles. The van der Waals surface area contributed by atoms with Crippen molar-refractivity contribution in [1.29, 1.82) is 0 Å². The van der Waals surface area contributed by atoms with E-state index >= 15 is 0 Å². The van der Waals surface area contributed by atoms with Crippen LogP contribution >= 0.6 is 0 Å². The van der Waals surface area contributed by atoms with Crippen molar-refractivity contribution in [3.63, 3.8) is 0 Å². The predicted octanol–water partition coefficient (Wildman–Crippen LogP) is 0.0365. The Morgan fingerprint density at radius 3 is 2.72 bits per heavy atom. The van der Waals surface area contributed by atoms with Gasteiger partial charge in [-0.3, -0.25) is 0 Å². The molecule has 0 aromatic carbocycles. The molecule has 2 atom stereocenters. The first-order valence-corrected chi connectivity index (χ1v) is 7.51. The van der Waals surface area contributed by atoms with Gasteiger partial charge in [0.1, 0.15) is 0 Å². The molecule has 1 aliphatic rings. The van der Waals surface area contributed by atoms with Crippen LogP contribution in [0.15, 0.2) is 0 Å². The quantitative estimate of drug-likeness (QED) is 0.756. The second-order valence-electron chi connectivity index (χ2n) is 4.43. The van der Waals surface area contributed by atoms with Crippen molar-refractivity contribution in [1.82, 2.24) is 9.03 Å². The molecule has 8 heteroatoms. The minimum absolute atomic E-state index is 0.127. The van der Waals surface area contributed by atoms with Gasteiger partial charge in [-0.05, 0) is 39.2 Å². The molecule has 1 aliphatic heterocycles. The van der Waals surface area contributed by atoms with E-state index in [2.05, 4.69) is 4.74 Å². The van der Waals surface area contributed by atoms with Gasteiger partial charge in [-0.25, -0.2) is 9.52 Å². The van der Waals surface area contributed by atoms with Crippen LogP contribution in [-0.2, 0) is 14.9 Å². The summed E-state index contributed by atoms with van der Waals surface area (Å²) in [5.41, 5.74) is 5.57. The monoisotopic (exact) mass is 279 g/mol. The highest BCUT2D eigenvalue weighted by atomic mass is 32.2. The topological polar surface area (TPSA) is 102 Å². The van der Waals surface area contributed by atoms with Crippen LogP contribution in [0.25, 0.3) is 0 Å². The number of ether oxygens (including phenoxy) is 1. The normalized spacial score (nSPS) is 25.7. The van der Waals surface area contributed by atoms with E-state index in [1.807, 2.05) is 11.6 Å². The van der Waals surface area contributed by atoms with Crippen molar-refractivity contribution in [2.24, 2.45) is 11.7 Å². The Morgan fingerprint density at radius 1 is 1.50 bits per heavy atom. The number of carbonyl (C=O) groups excluding carboxylic acids is 1. The number of nitrogens with one attached hydrogen (secondary N) is 1. The first kappa shape index (κ1) is 15.2. The van der Waals surface area contributed by atoms with E-state index in [-0.39, 0.29) is 18.6 Å². The zero-order valence-electron chi connectivity index (χ0n) is 10.8. The summed E-state index contributed by atoms with van der Waals surface area (Å²) < 4.78 is 31.8. The fourth-order valence-corrected chi connectivity index (χ4v) is 3.37. The molecule has 1 heterocycles. The van der Waals surface area contributed by atoms with E-state index in [1.54, 1.807) is 6.92 Å². The Hall–Kier alpha value is -0.860. The number of piperidine rings is 1. The third-order valence-electron chi connectivity index (χ3n) is 3.05. The lowest BCUT2D eigenvalue weighted by molar-refractivity contribution is 0.156. The van der Waals surface area contributed by atoms with Gasteiger partial charge in [-0.15, -0.1) is 0 Å². The number of nitrogens with zero attached hydrogens (tertiary/aromatic N) is 1. The average Bonchev–Trinajstić information content (AvgIpc) is 2.29. The van der Waals surface area contributed by atoms with Crippen LogP contribution < -0.4 is 10.5 Å². The maximum Gasteiger partial charge on any atom is 0.421 e. The maximum atomic E-state index is 12.0. The van der Waals surface area contributed by atoms with Gasteiger partial charge in [0.05, 0.1) is 6.61 Å². The van der Waals surface area contributed by atoms with Crippen LogP contribution in [0.5, 0.6) is 0 Å². The van der Waals surface area contributed by atoms with E-state index < -0.39 is 16.3 Å². The molecular formula is C10H21N3O4S. The summed E-state index contributed by atoms with van der Waals surface area (Å²) in [6, 6.07) is -0.139. The number of rotatable bonds is 4. The summed E-state index contributed by atoms with van der Waals surface area (Å²) in [4.78, 5) is 11.2. The molecule has 0 spiro atoms. The van der Waals surface area contributed by atoms with Gasteiger partial charge >= 0.3 is 16.3 Å². The molecule has 18 heavy (non-hydrogen) atoms. The first-order valence-electron chi connectivity index (χ1n) is 6.07. The van der Waals surface area contributed by atoms with E-state index in [1.165, 1.54) is 4.31 Å². The van der Waals surface area contributed by atoms with Gasteiger partial charge in [-0.1, -0.05) is 0 Å². The number of carbonyl (C=O) groups is 1. The lowest BCUT2D eigenvalue weighted by Crippen LogP contribution is -2.52. The third-order valence-corrected chi connectivity index (χ3v) is 4.60. The van der Waals surface area contributed by atoms with Crippen molar-refractivity contribution < 1.29 is 17.9 Å². The largest absolute Gasteiger partial charge is 0.449 e. The highest BCUT2D eigenvalue weighted by Gasteiger charge is 2.34. The summed E-state index contributed by atoms with van der Waals surface area (Å²) in [6.07, 6.45) is 0.703. The van der Waals surface area contributed by atoms with Crippen LogP contribution in [0.2, 0.25) is 0 Å². The van der Waals surface area contributed by atoms with Crippen molar-refractivity contribution >= 4 is 16.3 Å². The smallest absolute Gasteiger partial charge is 0.421 e. The highest BCUT2D eigenvalue weighted by Crippen LogP contribution is 2.23. The first-order chi connectivity index (χ1) is 8.40. The zero-order chi connectivity index (χ0) is 13.8. The zero-order valence-corrected chi connectivity index (χ0v) is 11.6. The van der Waals surface area contributed by atoms with E-state index in [0.29, 0.717) is 13.1 Å². The Bertz CT molecular complexity index is 385. The Morgan fingerprint density at radius 2 is 2.17 bits per heavy atom. The molecule has 0 aromatic heterocycles. The van der Waals surface area contributed by atoms with Gasteiger partial charge in [0, 0.05) is 12.6 Å². The molecule has 7 nitrogen and oxygen atoms in total. The lowest BCUT2D eigenvalue weighted by atomic mass is 9.96. The van der Waals surface area contributed by atoms with Gasteiger partial charge in [-0.2, -0.15) is 12.7 Å². The Balaban J connectivity index is 2.73. The molecular weight excluding hydrogens is 258 g/mol. The number of amides is 1. The minimum atomic E-state index is -3.84. The molecule has 106 valence electrons. The molecule has 1 fully saturated rings. The van der Waals surface area contributed by atoms with Gasteiger partial charge in [0.15, 0.2) is 0 Å². The van der Waals surface area contributed by atoms with Crippen molar-refractivity contribution in [3.05, 3.63) is 0 Å². The Labute approximate surface area is 108 Å². The molecule has 3 N–H and O–H groups in total. The molecule has 0 bridgehead atoms. The predicted molar refractivity (Wildman–Crippen MR) is 67.0 cm³/mol. The van der Waals surface area contributed by atoms with Crippen molar-refractivity contribution in [3.8, 4) is 0 Å². The fraction of sp³-hybridized carbons (Fsp3) is 0.900. The number of hydrogen-bond donors (Lipinski definition) is 2. The molecule has 0 aromatic rings. The molecule has 2 unspecified atom stereocenters. The van der Waals surface area contributed by atoms with Gasteiger partial charge in [0.25, 0.3) is 0 Å². The molecule has 0 saturated carbocycles. The standard InChI is InChI=1S/C10H21N3O4S/c1-3-17-10(14)12-18(15,16)13-7-9(6-11)5-4-8(13)2/h8-9H,3-7,11H2,1-2H3,(H,12,14). The van der Waals surface area contributed by atoms with Crippen LogP contribution in [0.4, 0.5) is 4.79 Å². The lowest BCUT2D eigenvalue weighted by Gasteiger charge is -2.36. The summed E-state index contributed by atoms with van der Waals surface area (Å²) in [7, 11) is -3.84. The molecule has 0 radical (unpaired) electrons. The number of hydrogen-bond acceptors (Lipinski definition) is 5. The van der Waals surface area contributed by atoms with Crippen molar-refractivity contribution in [2.75, 3.05) is 19.7 Å². The van der Waals surface area contributed by atoms with E-state index in [0.717, 1.165) is 12.8 Å². The molecule has 0 aliphatic carbocycles. The summed E-state index contributed by atoms with van der Waals surface area (Å²) in [6.45, 7) is 4.34. The molecule has 1 rings (SSSR count). The van der Waals surface area contributed by atoms with E-state index in [9.17, 15) is 13.2 Å². The SMILES string of the molecule is CCOC(=O)NS(=O)(=O)N1CC(CN)CCC1C. The van der Waals surface area contributed by atoms with Crippen LogP contribution in [-0.4, -0.2) is 44.6 Å². The second-order valence-corrected chi connectivity index (χ2v) is 6.05. The summed E-state index contributed by atoms with van der Waals surface area (Å²) >= 11 is 0. The fourth-order valence-electron chi connectivity index (χ4n) is 2.00. The van der Waals surface area contributed by atoms with Gasteiger partial charge in [0.2, 0.25) is 0 Å². The minimum Gasteiger partial charge on any atom is -0.449 e. The van der Waals surface area contributed by atoms with Crippen LogP contribution in [0.1, 0.15) is 26.7 Å². The number of nitrogens with two attached hydrogens (primary N) is 1. The van der Waals surface area contributed by atoms with E-state index in [4.69, 9.17) is 5.73 Å². The molecule has 1 amide bonds. The van der Waals surface area contributed by atoms with Gasteiger partial charge < -0.3 is 10.5 Å². The third kappa shape index (κ3) is 3.82. The average molecular weight is 279 g/mol. The van der Waals surface area contributed by atoms with Crippen LogP contribution in [0.3, 0.4) is 0 Å². The second kappa shape index (κ2) is 6.35.